The molecule has 0 bridgehead atoms. The number of carbonyl (C=O) groups excluding carboxylic acids is 2. The number of nitrogens with zero attached hydrogens (tertiary/aromatic N) is 5. The quantitative estimate of drug-likeness (QED) is 0.397. The highest BCUT2D eigenvalue weighted by molar-refractivity contribution is 7.99. The zero-order chi connectivity index (χ0) is 21.0. The number of ether oxygens (including phenoxy) is 1. The minimum atomic E-state index is -0.776. The largest absolute Gasteiger partial charge is 0.452 e. The van der Waals surface area contributed by atoms with Crippen molar-refractivity contribution in [2.75, 3.05) is 19.7 Å². The van der Waals surface area contributed by atoms with Crippen LogP contribution in [0.2, 0.25) is 0 Å². The Bertz CT molecular complexity index is 923. The van der Waals surface area contributed by atoms with Gasteiger partial charge in [-0.15, -0.1) is 10.2 Å². The summed E-state index contributed by atoms with van der Waals surface area (Å²) >= 11 is 1.07. The fourth-order valence-electron chi connectivity index (χ4n) is 2.90. The number of aryl methyl sites for hydroxylation is 1. The van der Waals surface area contributed by atoms with E-state index in [1.165, 1.54) is 18.5 Å². The Balaban J connectivity index is 1.66. The van der Waals surface area contributed by atoms with Crippen molar-refractivity contribution in [2.45, 2.75) is 29.8 Å². The normalized spacial score (nSPS) is 14.6. The van der Waals surface area contributed by atoms with Gasteiger partial charge < -0.3 is 14.2 Å². The summed E-state index contributed by atoms with van der Waals surface area (Å²) in [4.78, 5) is 37.4. The van der Waals surface area contributed by atoms with Crippen LogP contribution in [0.5, 0.6) is 0 Å². The van der Waals surface area contributed by atoms with Crippen molar-refractivity contribution in [1.82, 2.24) is 19.7 Å². The first-order valence-electron chi connectivity index (χ1n) is 9.10. The maximum atomic E-state index is 12.3. The summed E-state index contributed by atoms with van der Waals surface area (Å²) in [5.74, 6) is -0.448. The molecule has 3 rings (SSSR count). The number of nitro benzene ring substituents is 1. The van der Waals surface area contributed by atoms with Crippen molar-refractivity contribution < 1.29 is 19.2 Å². The number of nitro groups is 1. The first kappa shape index (κ1) is 20.8. The zero-order valence-electron chi connectivity index (χ0n) is 16.1. The Morgan fingerprint density at radius 1 is 1.34 bits per heavy atom. The molecule has 1 fully saturated rings. The van der Waals surface area contributed by atoms with Gasteiger partial charge in [0.15, 0.2) is 11.8 Å². The van der Waals surface area contributed by atoms with Crippen LogP contribution in [0, 0.1) is 16.0 Å². The summed E-state index contributed by atoms with van der Waals surface area (Å²) in [6.07, 6.45) is 3.34. The molecule has 0 spiro atoms. The Kier molecular flexibility index (Phi) is 6.47. The fourth-order valence-corrected chi connectivity index (χ4v) is 3.75. The predicted octanol–water partition coefficient (Wildman–Crippen LogP) is 2.29. The monoisotopic (exact) mass is 419 g/mol. The third kappa shape index (κ3) is 5.11. The molecular weight excluding hydrogens is 398 g/mol. The molecule has 1 aliphatic rings. The molecule has 0 radical (unpaired) electrons. The van der Waals surface area contributed by atoms with Crippen molar-refractivity contribution in [1.29, 1.82) is 0 Å². The second-order valence-corrected chi connectivity index (χ2v) is 7.91. The second kappa shape index (κ2) is 9.03. The average Bonchev–Trinajstić information content (AvgIpc) is 3.11. The second-order valence-electron chi connectivity index (χ2n) is 6.91. The molecule has 2 aromatic rings. The maximum Gasteiger partial charge on any atom is 0.338 e. The Labute approximate surface area is 171 Å². The van der Waals surface area contributed by atoms with E-state index in [0.29, 0.717) is 29.1 Å². The van der Waals surface area contributed by atoms with Crippen molar-refractivity contribution in [3.05, 3.63) is 40.2 Å². The standard InChI is InChI=1S/C18H21N5O5S/c1-12-5-7-22(8-6-12)16(24)10-28-17(25)13-3-4-15(14(9-13)23(26)27)29-18-20-19-11-21(18)2/h3-4,9,11-12H,5-8,10H2,1-2H3. The minimum absolute atomic E-state index is 0.0130. The molecule has 0 atom stereocenters. The van der Waals surface area contributed by atoms with E-state index in [9.17, 15) is 19.7 Å². The Morgan fingerprint density at radius 3 is 2.69 bits per heavy atom. The third-order valence-corrected chi connectivity index (χ3v) is 5.84. The molecule has 29 heavy (non-hydrogen) atoms. The van der Waals surface area contributed by atoms with Gasteiger partial charge in [-0.3, -0.25) is 14.9 Å². The smallest absolute Gasteiger partial charge is 0.338 e. The molecule has 2 heterocycles. The van der Waals surface area contributed by atoms with E-state index in [-0.39, 0.29) is 23.8 Å². The van der Waals surface area contributed by atoms with Gasteiger partial charge in [-0.2, -0.15) is 0 Å². The molecule has 0 N–H and O–H groups in total. The van der Waals surface area contributed by atoms with E-state index < -0.39 is 10.9 Å². The van der Waals surface area contributed by atoms with Crippen LogP contribution in [0.4, 0.5) is 5.69 Å². The van der Waals surface area contributed by atoms with Gasteiger partial charge in [0.25, 0.3) is 11.6 Å². The van der Waals surface area contributed by atoms with Crippen molar-refractivity contribution in [3.8, 4) is 0 Å². The predicted molar refractivity (Wildman–Crippen MR) is 103 cm³/mol. The topological polar surface area (TPSA) is 120 Å². The van der Waals surface area contributed by atoms with Gasteiger partial charge in [0, 0.05) is 26.2 Å². The highest BCUT2D eigenvalue weighted by Gasteiger charge is 2.23. The Morgan fingerprint density at radius 2 is 2.07 bits per heavy atom. The van der Waals surface area contributed by atoms with Crippen LogP contribution in [0.25, 0.3) is 0 Å². The van der Waals surface area contributed by atoms with Gasteiger partial charge in [-0.1, -0.05) is 6.92 Å². The summed E-state index contributed by atoms with van der Waals surface area (Å²) in [6, 6.07) is 4.04. The molecule has 0 aliphatic carbocycles. The third-order valence-electron chi connectivity index (χ3n) is 4.73. The number of benzene rings is 1. The summed E-state index contributed by atoms with van der Waals surface area (Å²) in [5, 5.41) is 19.5. The number of amides is 1. The van der Waals surface area contributed by atoms with Crippen LogP contribution < -0.4 is 0 Å². The average molecular weight is 419 g/mol. The van der Waals surface area contributed by atoms with E-state index >= 15 is 0 Å². The molecule has 11 heteroatoms. The van der Waals surface area contributed by atoms with Crippen LogP contribution in [0.15, 0.2) is 34.6 Å². The van der Waals surface area contributed by atoms with Crippen LogP contribution in [0.3, 0.4) is 0 Å². The number of piperidine rings is 1. The lowest BCUT2D eigenvalue weighted by Gasteiger charge is -2.30. The van der Waals surface area contributed by atoms with Gasteiger partial charge in [0.05, 0.1) is 15.4 Å². The fraction of sp³-hybridized carbons (Fsp3) is 0.444. The number of rotatable bonds is 6. The van der Waals surface area contributed by atoms with E-state index in [0.717, 1.165) is 30.7 Å². The summed E-state index contributed by atoms with van der Waals surface area (Å²) in [6.45, 7) is 3.06. The van der Waals surface area contributed by atoms with Crippen molar-refractivity contribution in [2.24, 2.45) is 13.0 Å². The molecular formula is C18H21N5O5S. The number of hydrogen-bond donors (Lipinski definition) is 0. The molecule has 154 valence electrons. The van der Waals surface area contributed by atoms with Gasteiger partial charge in [0.2, 0.25) is 0 Å². The molecule has 0 unspecified atom stereocenters. The molecule has 0 saturated carbocycles. The molecule has 1 aromatic heterocycles. The number of hydrogen-bond acceptors (Lipinski definition) is 8. The molecule has 1 aliphatic heterocycles. The van der Waals surface area contributed by atoms with Crippen LogP contribution in [-0.4, -0.2) is 56.2 Å². The van der Waals surface area contributed by atoms with Crippen LogP contribution in [0.1, 0.15) is 30.1 Å². The van der Waals surface area contributed by atoms with E-state index in [1.807, 2.05) is 0 Å². The van der Waals surface area contributed by atoms with Gasteiger partial charge >= 0.3 is 5.97 Å². The summed E-state index contributed by atoms with van der Waals surface area (Å²) < 4.78 is 6.71. The number of esters is 1. The molecule has 1 saturated heterocycles. The number of likely N-dealkylation sites (tertiary alicyclic amines) is 1. The molecule has 1 aromatic carbocycles. The zero-order valence-corrected chi connectivity index (χ0v) is 16.9. The van der Waals surface area contributed by atoms with Gasteiger partial charge in [0.1, 0.15) is 6.33 Å². The van der Waals surface area contributed by atoms with E-state index in [1.54, 1.807) is 16.5 Å². The first-order chi connectivity index (χ1) is 13.8. The Hall–Kier alpha value is -2.95. The van der Waals surface area contributed by atoms with Gasteiger partial charge in [-0.05, 0) is 42.7 Å². The van der Waals surface area contributed by atoms with Crippen LogP contribution in [-0.2, 0) is 16.6 Å². The minimum Gasteiger partial charge on any atom is -0.452 e. The molecule has 10 nitrogen and oxygen atoms in total. The van der Waals surface area contributed by atoms with E-state index in [4.69, 9.17) is 4.74 Å². The summed E-state index contributed by atoms with van der Waals surface area (Å²) in [7, 11) is 1.72. The highest BCUT2D eigenvalue weighted by atomic mass is 32.2. The van der Waals surface area contributed by atoms with Crippen LogP contribution >= 0.6 is 11.8 Å². The van der Waals surface area contributed by atoms with Gasteiger partial charge in [-0.25, -0.2) is 4.79 Å². The number of aromatic nitrogens is 3. The SMILES string of the molecule is CC1CCN(C(=O)COC(=O)c2ccc(Sc3nncn3C)c([N+](=O)[O-])c2)CC1. The van der Waals surface area contributed by atoms with Crippen molar-refractivity contribution in [3.63, 3.8) is 0 Å². The highest BCUT2D eigenvalue weighted by Crippen LogP contribution is 2.34. The lowest BCUT2D eigenvalue weighted by molar-refractivity contribution is -0.387. The lowest BCUT2D eigenvalue weighted by atomic mass is 9.99. The lowest BCUT2D eigenvalue weighted by Crippen LogP contribution is -2.40. The van der Waals surface area contributed by atoms with E-state index in [2.05, 4.69) is 17.1 Å². The van der Waals surface area contributed by atoms with Crippen molar-refractivity contribution >= 4 is 29.3 Å². The maximum absolute atomic E-state index is 12.3. The summed E-state index contributed by atoms with van der Waals surface area (Å²) in [5.41, 5.74) is -0.233. The molecule has 1 amide bonds. The number of carbonyl (C=O) groups is 2. The first-order valence-corrected chi connectivity index (χ1v) is 9.92.